The number of thiophene rings is 1. The minimum atomic E-state index is -0.0167. The molecule has 0 spiro atoms. The highest BCUT2D eigenvalue weighted by Crippen LogP contribution is 2.26. The molecule has 0 aliphatic heterocycles. The van der Waals surface area contributed by atoms with E-state index in [9.17, 15) is 4.79 Å². The molecule has 1 aromatic heterocycles. The highest BCUT2D eigenvalue weighted by molar-refractivity contribution is 7.12. The first kappa shape index (κ1) is 14.2. The Morgan fingerprint density at radius 1 is 1.59 bits per heavy atom. The minimum absolute atomic E-state index is 0.0167. The minimum Gasteiger partial charge on any atom is -0.370 e. The lowest BCUT2D eigenvalue weighted by Gasteiger charge is -2.24. The van der Waals surface area contributed by atoms with Gasteiger partial charge in [-0.2, -0.15) is 0 Å². The van der Waals surface area contributed by atoms with E-state index in [1.165, 1.54) is 9.75 Å². The summed E-state index contributed by atoms with van der Waals surface area (Å²) in [5.41, 5.74) is 5.30. The maximum Gasteiger partial charge on any atom is 0.248 e. The lowest BCUT2D eigenvalue weighted by atomic mass is 10.2. The van der Waals surface area contributed by atoms with Gasteiger partial charge in [-0.05, 0) is 26.0 Å². The number of likely N-dealkylation sites (N-methyl/N-ethyl adjacent to an activating group) is 1. The SMILES string of the molecule is Cc1ccc(C(C)N(C)C(=O)COCCN)s1. The Bertz CT molecular complexity index is 365. The van der Waals surface area contributed by atoms with Crippen LogP contribution in [0.2, 0.25) is 0 Å². The van der Waals surface area contributed by atoms with Crippen LogP contribution in [-0.4, -0.2) is 37.6 Å². The van der Waals surface area contributed by atoms with Crippen molar-refractivity contribution in [1.29, 1.82) is 0 Å². The summed E-state index contributed by atoms with van der Waals surface area (Å²) in [5.74, 6) is -0.0167. The van der Waals surface area contributed by atoms with Gasteiger partial charge >= 0.3 is 0 Å². The molecule has 0 aliphatic carbocycles. The zero-order chi connectivity index (χ0) is 12.8. The van der Waals surface area contributed by atoms with Gasteiger partial charge in [0.15, 0.2) is 0 Å². The van der Waals surface area contributed by atoms with E-state index >= 15 is 0 Å². The summed E-state index contributed by atoms with van der Waals surface area (Å²) in [6, 6.07) is 4.22. The Labute approximate surface area is 106 Å². The average Bonchev–Trinajstić information content (AvgIpc) is 2.74. The fraction of sp³-hybridized carbons (Fsp3) is 0.583. The number of carbonyl (C=O) groups is 1. The summed E-state index contributed by atoms with van der Waals surface area (Å²) in [6.45, 7) is 5.05. The Morgan fingerprint density at radius 2 is 2.29 bits per heavy atom. The maximum absolute atomic E-state index is 11.8. The van der Waals surface area contributed by atoms with Crippen LogP contribution in [0.1, 0.15) is 22.7 Å². The zero-order valence-electron chi connectivity index (χ0n) is 10.6. The number of rotatable bonds is 6. The molecule has 2 N–H and O–H groups in total. The van der Waals surface area contributed by atoms with Gasteiger partial charge < -0.3 is 15.4 Å². The third kappa shape index (κ3) is 4.11. The van der Waals surface area contributed by atoms with Crippen molar-refractivity contribution >= 4 is 17.2 Å². The molecule has 0 aromatic carbocycles. The number of aryl methyl sites for hydroxylation is 1. The van der Waals surface area contributed by atoms with Gasteiger partial charge in [0, 0.05) is 23.3 Å². The van der Waals surface area contributed by atoms with Crippen LogP contribution in [0.5, 0.6) is 0 Å². The van der Waals surface area contributed by atoms with Crippen LogP contribution in [0.15, 0.2) is 12.1 Å². The molecule has 4 nitrogen and oxygen atoms in total. The maximum atomic E-state index is 11.8. The van der Waals surface area contributed by atoms with Gasteiger partial charge in [0.1, 0.15) is 6.61 Å². The smallest absolute Gasteiger partial charge is 0.248 e. The molecule has 96 valence electrons. The quantitative estimate of drug-likeness (QED) is 0.786. The van der Waals surface area contributed by atoms with Crippen molar-refractivity contribution in [2.75, 3.05) is 26.8 Å². The monoisotopic (exact) mass is 256 g/mol. The Hall–Kier alpha value is -0.910. The third-order valence-corrected chi connectivity index (χ3v) is 3.81. The summed E-state index contributed by atoms with van der Waals surface area (Å²) < 4.78 is 5.14. The lowest BCUT2D eigenvalue weighted by molar-refractivity contribution is -0.136. The molecule has 1 unspecified atom stereocenters. The molecular formula is C12H20N2O2S. The van der Waals surface area contributed by atoms with Gasteiger partial charge in [0.25, 0.3) is 0 Å². The van der Waals surface area contributed by atoms with Crippen LogP contribution in [0.3, 0.4) is 0 Å². The predicted molar refractivity (Wildman–Crippen MR) is 70.1 cm³/mol. The fourth-order valence-electron chi connectivity index (χ4n) is 1.43. The summed E-state index contributed by atoms with van der Waals surface area (Å²) in [6.07, 6.45) is 0. The van der Waals surface area contributed by atoms with Crippen LogP contribution in [-0.2, 0) is 9.53 Å². The summed E-state index contributed by atoms with van der Waals surface area (Å²) >= 11 is 1.72. The van der Waals surface area contributed by atoms with Crippen molar-refractivity contribution in [3.05, 3.63) is 21.9 Å². The van der Waals surface area contributed by atoms with E-state index in [0.717, 1.165) is 0 Å². The molecule has 5 heteroatoms. The first-order valence-electron chi connectivity index (χ1n) is 5.66. The van der Waals surface area contributed by atoms with Crippen LogP contribution < -0.4 is 5.73 Å². The highest BCUT2D eigenvalue weighted by Gasteiger charge is 2.18. The topological polar surface area (TPSA) is 55.6 Å². The molecule has 0 radical (unpaired) electrons. The molecular weight excluding hydrogens is 236 g/mol. The van der Waals surface area contributed by atoms with Crippen molar-refractivity contribution in [1.82, 2.24) is 4.90 Å². The molecule has 0 saturated carbocycles. The van der Waals surface area contributed by atoms with E-state index < -0.39 is 0 Å². The van der Waals surface area contributed by atoms with E-state index in [1.807, 2.05) is 6.92 Å². The summed E-state index contributed by atoms with van der Waals surface area (Å²) in [7, 11) is 1.80. The predicted octanol–water partition coefficient (Wildman–Crippen LogP) is 1.55. The van der Waals surface area contributed by atoms with Crippen LogP contribution >= 0.6 is 11.3 Å². The molecule has 0 fully saturated rings. The van der Waals surface area contributed by atoms with Crippen LogP contribution in [0.4, 0.5) is 0 Å². The highest BCUT2D eigenvalue weighted by atomic mass is 32.1. The second kappa shape index (κ2) is 6.74. The molecule has 17 heavy (non-hydrogen) atoms. The first-order chi connectivity index (χ1) is 8.06. The van der Waals surface area contributed by atoms with E-state index in [4.69, 9.17) is 10.5 Å². The van der Waals surface area contributed by atoms with Crippen molar-refractivity contribution in [3.8, 4) is 0 Å². The van der Waals surface area contributed by atoms with Crippen molar-refractivity contribution in [2.24, 2.45) is 5.73 Å². The van der Waals surface area contributed by atoms with Gasteiger partial charge in [-0.1, -0.05) is 0 Å². The fourth-order valence-corrected chi connectivity index (χ4v) is 2.40. The van der Waals surface area contributed by atoms with E-state index in [2.05, 4.69) is 19.1 Å². The van der Waals surface area contributed by atoms with Gasteiger partial charge in [0.05, 0.1) is 12.6 Å². The Morgan fingerprint density at radius 3 is 2.82 bits per heavy atom. The number of hydrogen-bond acceptors (Lipinski definition) is 4. The molecule has 1 aromatic rings. The molecule has 0 bridgehead atoms. The van der Waals surface area contributed by atoms with Gasteiger partial charge in [-0.25, -0.2) is 0 Å². The van der Waals surface area contributed by atoms with Crippen molar-refractivity contribution in [2.45, 2.75) is 19.9 Å². The lowest BCUT2D eigenvalue weighted by Crippen LogP contribution is -2.32. The van der Waals surface area contributed by atoms with E-state index in [0.29, 0.717) is 13.2 Å². The number of nitrogens with two attached hydrogens (primary N) is 1. The molecule has 0 saturated heterocycles. The van der Waals surface area contributed by atoms with Crippen molar-refractivity contribution in [3.63, 3.8) is 0 Å². The van der Waals surface area contributed by atoms with Gasteiger partial charge in [-0.3, -0.25) is 4.79 Å². The molecule has 1 rings (SSSR count). The molecule has 1 heterocycles. The standard InChI is InChI=1S/C12H20N2O2S/c1-9-4-5-11(17-9)10(2)14(3)12(15)8-16-7-6-13/h4-5,10H,6-8,13H2,1-3H3. The van der Waals surface area contributed by atoms with Gasteiger partial charge in [-0.15, -0.1) is 11.3 Å². The summed E-state index contributed by atoms with van der Waals surface area (Å²) in [4.78, 5) is 16.0. The number of ether oxygens (including phenoxy) is 1. The Kier molecular flexibility index (Phi) is 5.61. The van der Waals surface area contributed by atoms with Crippen LogP contribution in [0, 0.1) is 6.92 Å². The normalized spacial score (nSPS) is 12.5. The Balaban J connectivity index is 2.51. The average molecular weight is 256 g/mol. The number of nitrogens with zero attached hydrogens (tertiary/aromatic N) is 1. The number of carbonyl (C=O) groups excluding carboxylic acids is 1. The number of amides is 1. The van der Waals surface area contributed by atoms with Crippen LogP contribution in [0.25, 0.3) is 0 Å². The van der Waals surface area contributed by atoms with E-state index in [1.54, 1.807) is 23.3 Å². The second-order valence-corrected chi connectivity index (χ2v) is 5.29. The molecule has 1 atom stereocenters. The summed E-state index contributed by atoms with van der Waals surface area (Å²) in [5, 5.41) is 0. The first-order valence-corrected chi connectivity index (χ1v) is 6.47. The van der Waals surface area contributed by atoms with E-state index in [-0.39, 0.29) is 18.6 Å². The largest absolute Gasteiger partial charge is 0.370 e. The number of hydrogen-bond donors (Lipinski definition) is 1. The molecule has 1 amide bonds. The zero-order valence-corrected chi connectivity index (χ0v) is 11.4. The molecule has 0 aliphatic rings. The second-order valence-electron chi connectivity index (χ2n) is 3.97. The van der Waals surface area contributed by atoms with Crippen molar-refractivity contribution < 1.29 is 9.53 Å². The van der Waals surface area contributed by atoms with Gasteiger partial charge in [0.2, 0.25) is 5.91 Å². The third-order valence-electron chi connectivity index (χ3n) is 2.63.